The summed E-state index contributed by atoms with van der Waals surface area (Å²) < 4.78 is 0. The Morgan fingerprint density at radius 2 is 1.56 bits per heavy atom. The number of carbonyl (C=O) groups excluding carboxylic acids is 2. The number of imide groups is 1. The summed E-state index contributed by atoms with van der Waals surface area (Å²) in [7, 11) is 2.18. The molecule has 1 aliphatic rings. The number of likely N-dealkylation sites (N-methyl/N-ethyl adjacent to an activating group) is 2. The molecule has 0 aliphatic carbocycles. The minimum Gasteiger partial charge on any atom is -0.292 e. The molecule has 0 bridgehead atoms. The lowest BCUT2D eigenvalue weighted by Gasteiger charge is -2.46. The van der Waals surface area contributed by atoms with E-state index in [-0.39, 0.29) is 0 Å². The fourth-order valence-corrected chi connectivity index (χ4v) is 1.35. The zero-order valence-corrected chi connectivity index (χ0v) is 8.58. The topological polar surface area (TPSA) is 152 Å². The predicted molar refractivity (Wildman–Crippen MR) is 51.4 cm³/mol. The van der Waals surface area contributed by atoms with Crippen molar-refractivity contribution < 1.29 is 9.59 Å². The lowest BCUT2D eigenvalue weighted by Crippen LogP contribution is -2.83. The monoisotopic (exact) mass is 230 g/mol. The summed E-state index contributed by atoms with van der Waals surface area (Å²) in [6, 6.07) is -0.863. The normalized spacial score (nSPS) is 23.2. The van der Waals surface area contributed by atoms with Crippen LogP contribution in [0, 0.1) is 9.81 Å². The van der Waals surface area contributed by atoms with Crippen molar-refractivity contribution in [1.29, 1.82) is 0 Å². The van der Waals surface area contributed by atoms with E-state index in [4.69, 9.17) is 11.5 Å². The highest BCUT2D eigenvalue weighted by molar-refractivity contribution is 6.03. The molecule has 0 aromatic carbocycles. The van der Waals surface area contributed by atoms with Crippen LogP contribution in [0.2, 0.25) is 0 Å². The van der Waals surface area contributed by atoms with E-state index in [1.165, 1.54) is 0 Å². The lowest BCUT2D eigenvalue weighted by atomic mass is 9.98. The molecule has 0 aromatic heterocycles. The summed E-state index contributed by atoms with van der Waals surface area (Å²) >= 11 is 0. The summed E-state index contributed by atoms with van der Waals surface area (Å²) in [6.07, 6.45) is 0. The molecule has 16 heavy (non-hydrogen) atoms. The van der Waals surface area contributed by atoms with Gasteiger partial charge in [0.05, 0.1) is 0 Å². The zero-order chi connectivity index (χ0) is 12.7. The van der Waals surface area contributed by atoms with Crippen molar-refractivity contribution in [3.63, 3.8) is 0 Å². The molecule has 3 amide bonds. The van der Waals surface area contributed by atoms with Crippen molar-refractivity contribution in [2.75, 3.05) is 14.1 Å². The Kier molecular flexibility index (Phi) is 2.49. The Balaban J connectivity index is 3.46. The third kappa shape index (κ3) is 1.07. The van der Waals surface area contributed by atoms with E-state index in [9.17, 15) is 19.4 Å². The molecule has 1 heterocycles. The highest BCUT2D eigenvalue weighted by Gasteiger charge is 2.66. The quantitative estimate of drug-likeness (QED) is 0.426. The molecule has 1 saturated heterocycles. The highest BCUT2D eigenvalue weighted by Crippen LogP contribution is 2.31. The van der Waals surface area contributed by atoms with Crippen LogP contribution in [0.15, 0.2) is 10.4 Å². The Morgan fingerprint density at radius 3 is 1.94 bits per heavy atom. The number of hydrogen-bond acceptors (Lipinski definition) is 8. The fourth-order valence-electron chi connectivity index (χ4n) is 1.35. The number of rotatable bonds is 2. The number of hydrogen-bond donors (Lipinski definition) is 2. The first-order valence-electron chi connectivity index (χ1n) is 4.09. The Morgan fingerprint density at radius 1 is 1.12 bits per heavy atom. The van der Waals surface area contributed by atoms with Gasteiger partial charge in [0, 0.05) is 14.1 Å². The van der Waals surface area contributed by atoms with Gasteiger partial charge in [0.25, 0.3) is 5.91 Å². The van der Waals surface area contributed by atoms with Crippen LogP contribution in [0.4, 0.5) is 4.79 Å². The van der Waals surface area contributed by atoms with Crippen molar-refractivity contribution in [2.45, 2.75) is 11.4 Å². The van der Waals surface area contributed by atoms with Crippen LogP contribution in [-0.2, 0) is 4.79 Å². The molecule has 1 fully saturated rings. The number of nitrogens with two attached hydrogens (primary N) is 2. The second-order valence-corrected chi connectivity index (χ2v) is 3.39. The number of amides is 3. The second kappa shape index (κ2) is 3.28. The van der Waals surface area contributed by atoms with Gasteiger partial charge in [0.15, 0.2) is 0 Å². The molecule has 0 unspecified atom stereocenters. The van der Waals surface area contributed by atoms with Crippen LogP contribution < -0.4 is 11.5 Å². The van der Waals surface area contributed by atoms with E-state index < -0.39 is 23.4 Å². The predicted octanol–water partition coefficient (Wildman–Crippen LogP) is -1.69. The van der Waals surface area contributed by atoms with Gasteiger partial charge in [-0.3, -0.25) is 26.1 Å². The first-order valence-corrected chi connectivity index (χ1v) is 4.09. The summed E-state index contributed by atoms with van der Waals surface area (Å²) in [4.78, 5) is 45.5. The van der Waals surface area contributed by atoms with Gasteiger partial charge in [-0.15, -0.1) is 9.81 Å². The molecular formula is C6H10N6O4. The number of urea groups is 1. The molecule has 1 rings (SSSR count). The van der Waals surface area contributed by atoms with Gasteiger partial charge in [0.1, 0.15) is 0 Å². The lowest BCUT2D eigenvalue weighted by molar-refractivity contribution is -0.143. The smallest absolute Gasteiger partial charge is 0.292 e. The van der Waals surface area contributed by atoms with Crippen LogP contribution in [0.3, 0.4) is 0 Å². The molecule has 10 nitrogen and oxygen atoms in total. The van der Waals surface area contributed by atoms with Crippen LogP contribution in [-0.4, -0.2) is 47.3 Å². The molecular weight excluding hydrogens is 220 g/mol. The molecule has 0 atom stereocenters. The van der Waals surface area contributed by atoms with Gasteiger partial charge in [-0.05, 0) is 10.4 Å². The molecule has 0 aromatic rings. The van der Waals surface area contributed by atoms with E-state index >= 15 is 0 Å². The first kappa shape index (κ1) is 12.1. The summed E-state index contributed by atoms with van der Waals surface area (Å²) in [5.41, 5.74) is 8.05. The second-order valence-electron chi connectivity index (χ2n) is 3.39. The van der Waals surface area contributed by atoms with Gasteiger partial charge in [-0.2, -0.15) is 0 Å². The molecule has 0 radical (unpaired) electrons. The van der Waals surface area contributed by atoms with Crippen LogP contribution >= 0.6 is 0 Å². The SMILES string of the molecule is CN1C(=O)N(C)C(N)(N)C(N=O)(N=O)C1=O. The maximum absolute atomic E-state index is 11.6. The van der Waals surface area contributed by atoms with E-state index in [1.54, 1.807) is 0 Å². The average Bonchev–Trinajstić information content (AvgIpc) is 2.26. The summed E-state index contributed by atoms with van der Waals surface area (Å²) in [5, 5.41) is 4.60. The average molecular weight is 230 g/mol. The Labute approximate surface area is 89.5 Å². The molecule has 88 valence electrons. The zero-order valence-electron chi connectivity index (χ0n) is 8.58. The van der Waals surface area contributed by atoms with E-state index in [0.29, 0.717) is 9.80 Å². The van der Waals surface area contributed by atoms with E-state index in [0.717, 1.165) is 14.1 Å². The molecule has 0 saturated carbocycles. The largest absolute Gasteiger partial charge is 0.358 e. The fraction of sp³-hybridized carbons (Fsp3) is 0.667. The van der Waals surface area contributed by atoms with Crippen molar-refractivity contribution >= 4 is 11.9 Å². The Hall–Kier alpha value is -1.94. The third-order valence-electron chi connectivity index (χ3n) is 2.55. The van der Waals surface area contributed by atoms with Crippen molar-refractivity contribution in [3.05, 3.63) is 9.81 Å². The van der Waals surface area contributed by atoms with Gasteiger partial charge in [-0.1, -0.05) is 0 Å². The minimum absolute atomic E-state index is 0.501. The summed E-state index contributed by atoms with van der Waals surface area (Å²) in [6.45, 7) is 0. The van der Waals surface area contributed by atoms with Gasteiger partial charge in [-0.25, -0.2) is 4.79 Å². The van der Waals surface area contributed by atoms with Crippen LogP contribution in [0.1, 0.15) is 0 Å². The van der Waals surface area contributed by atoms with Crippen molar-refractivity contribution in [1.82, 2.24) is 9.80 Å². The van der Waals surface area contributed by atoms with E-state index in [1.807, 2.05) is 0 Å². The van der Waals surface area contributed by atoms with Gasteiger partial charge in [0.2, 0.25) is 5.79 Å². The van der Waals surface area contributed by atoms with E-state index in [2.05, 4.69) is 10.4 Å². The van der Waals surface area contributed by atoms with Gasteiger partial charge < -0.3 is 0 Å². The van der Waals surface area contributed by atoms with Crippen molar-refractivity contribution in [3.8, 4) is 0 Å². The third-order valence-corrected chi connectivity index (χ3v) is 2.55. The standard InChI is InChI=1S/C6H10N6O4/c1-11-3(13)5(9-15,10-16)6(7,8)12(2)4(11)14/h7-8H2,1-2H3. The maximum atomic E-state index is 11.6. The number of nitrogens with zero attached hydrogens (tertiary/aromatic N) is 4. The van der Waals surface area contributed by atoms with Crippen molar-refractivity contribution in [2.24, 2.45) is 21.8 Å². The molecule has 1 aliphatic heterocycles. The highest BCUT2D eigenvalue weighted by atomic mass is 16.3. The molecule has 10 heteroatoms. The van der Waals surface area contributed by atoms with Crippen LogP contribution in [0.25, 0.3) is 0 Å². The van der Waals surface area contributed by atoms with Crippen LogP contribution in [0.5, 0.6) is 0 Å². The van der Waals surface area contributed by atoms with Gasteiger partial charge >= 0.3 is 11.7 Å². The first-order chi connectivity index (χ1) is 7.26. The molecule has 0 spiro atoms. The minimum atomic E-state index is -2.77. The number of nitroso groups, excluding NO2 is 2. The number of carbonyl (C=O) groups is 2. The Bertz CT molecular complexity index is 371. The molecule has 4 N–H and O–H groups in total. The summed E-state index contributed by atoms with van der Waals surface area (Å²) in [5.74, 6) is -3.65. The maximum Gasteiger partial charge on any atom is 0.358 e.